The summed E-state index contributed by atoms with van der Waals surface area (Å²) in [7, 11) is 2.19. The Hall–Kier alpha value is -1.68. The van der Waals surface area contributed by atoms with Crippen LogP contribution in [-0.4, -0.2) is 78.9 Å². The fraction of sp³-hybridized carbons (Fsp3) is 0.684. The second-order valence-electron chi connectivity index (χ2n) is 7.26. The Morgan fingerprint density at radius 3 is 2.76 bits per heavy atom. The van der Waals surface area contributed by atoms with E-state index in [1.165, 1.54) is 0 Å². The molecule has 1 aromatic rings. The van der Waals surface area contributed by atoms with E-state index < -0.39 is 0 Å². The first-order chi connectivity index (χ1) is 12.2. The minimum absolute atomic E-state index is 0.258. The number of aliphatic hydroxyl groups is 1. The Morgan fingerprint density at radius 2 is 2.04 bits per heavy atom. The number of pyridine rings is 1. The van der Waals surface area contributed by atoms with E-state index in [0.717, 1.165) is 64.3 Å². The molecule has 0 aromatic carbocycles. The van der Waals surface area contributed by atoms with Crippen LogP contribution in [0.25, 0.3) is 0 Å². The van der Waals surface area contributed by atoms with E-state index >= 15 is 0 Å². The molecule has 0 spiro atoms. The fourth-order valence-electron chi connectivity index (χ4n) is 4.16. The summed E-state index contributed by atoms with van der Waals surface area (Å²) in [6.45, 7) is 6.75. The zero-order valence-electron chi connectivity index (χ0n) is 15.1. The molecule has 6 nitrogen and oxygen atoms in total. The highest BCUT2D eigenvalue weighted by molar-refractivity contribution is 5.42. The molecule has 2 fully saturated rings. The number of likely N-dealkylation sites (N-methyl/N-ethyl adjacent to an activating group) is 1. The summed E-state index contributed by atoms with van der Waals surface area (Å²) in [6, 6.07) is 8.39. The van der Waals surface area contributed by atoms with E-state index in [2.05, 4.69) is 32.8 Å². The molecule has 3 rings (SSSR count). The molecule has 0 unspecified atom stereocenters. The highest BCUT2D eigenvalue weighted by atomic mass is 16.2. The van der Waals surface area contributed by atoms with Gasteiger partial charge in [0.25, 0.3) is 0 Å². The van der Waals surface area contributed by atoms with Crippen LogP contribution in [0, 0.1) is 17.2 Å². The Bertz CT molecular complexity index is 594. The van der Waals surface area contributed by atoms with Crippen molar-refractivity contribution in [1.29, 1.82) is 5.26 Å². The second-order valence-corrected chi connectivity index (χ2v) is 7.26. The molecule has 2 atom stereocenters. The molecule has 6 heteroatoms. The molecule has 0 saturated carbocycles. The van der Waals surface area contributed by atoms with E-state index in [0.29, 0.717) is 17.7 Å². The summed E-state index contributed by atoms with van der Waals surface area (Å²) in [5, 5.41) is 18.4. The first-order valence-corrected chi connectivity index (χ1v) is 9.37. The molecule has 0 bridgehead atoms. The molecule has 0 amide bonds. The average Bonchev–Trinajstić information content (AvgIpc) is 2.67. The Kier molecular flexibility index (Phi) is 6.24. The van der Waals surface area contributed by atoms with Crippen molar-refractivity contribution in [2.24, 2.45) is 5.92 Å². The third kappa shape index (κ3) is 4.49. The van der Waals surface area contributed by atoms with Gasteiger partial charge in [-0.3, -0.25) is 4.90 Å². The van der Waals surface area contributed by atoms with Gasteiger partial charge >= 0.3 is 0 Å². The van der Waals surface area contributed by atoms with Crippen molar-refractivity contribution in [2.45, 2.75) is 25.3 Å². The van der Waals surface area contributed by atoms with Crippen LogP contribution < -0.4 is 4.90 Å². The molecule has 0 radical (unpaired) electrons. The molecule has 1 N–H and O–H groups in total. The number of aliphatic hydroxyl groups excluding tert-OH is 1. The minimum Gasteiger partial charge on any atom is -0.396 e. The maximum atomic E-state index is 9.30. The van der Waals surface area contributed by atoms with Crippen molar-refractivity contribution in [3.05, 3.63) is 23.9 Å². The molecule has 136 valence electrons. The van der Waals surface area contributed by atoms with Gasteiger partial charge in [-0.1, -0.05) is 6.07 Å². The topological polar surface area (TPSA) is 66.6 Å². The molecule has 0 aliphatic carbocycles. The number of nitriles is 1. The smallest absolute Gasteiger partial charge is 0.142 e. The zero-order chi connectivity index (χ0) is 17.6. The number of hydrogen-bond acceptors (Lipinski definition) is 6. The van der Waals surface area contributed by atoms with Crippen LogP contribution >= 0.6 is 0 Å². The van der Waals surface area contributed by atoms with Crippen molar-refractivity contribution >= 4 is 5.82 Å². The summed E-state index contributed by atoms with van der Waals surface area (Å²) < 4.78 is 0. The molecular weight excluding hydrogens is 314 g/mol. The molecule has 2 saturated heterocycles. The molecule has 2 aliphatic heterocycles. The lowest BCUT2D eigenvalue weighted by Crippen LogP contribution is -2.56. The van der Waals surface area contributed by atoms with Gasteiger partial charge in [-0.2, -0.15) is 5.26 Å². The maximum absolute atomic E-state index is 9.30. The van der Waals surface area contributed by atoms with Gasteiger partial charge in [-0.25, -0.2) is 4.98 Å². The molecule has 1 aromatic heterocycles. The number of rotatable bonds is 5. The van der Waals surface area contributed by atoms with Crippen LogP contribution in [0.1, 0.15) is 25.0 Å². The van der Waals surface area contributed by atoms with Gasteiger partial charge in [0, 0.05) is 51.9 Å². The normalized spacial score (nSPS) is 25.7. The predicted molar refractivity (Wildman–Crippen MR) is 98.4 cm³/mol. The highest BCUT2D eigenvalue weighted by Gasteiger charge is 2.34. The third-order valence-corrected chi connectivity index (χ3v) is 5.61. The monoisotopic (exact) mass is 343 g/mol. The van der Waals surface area contributed by atoms with Crippen molar-refractivity contribution in [3.63, 3.8) is 0 Å². The fourth-order valence-corrected chi connectivity index (χ4v) is 4.16. The Balaban J connectivity index is 1.70. The summed E-state index contributed by atoms with van der Waals surface area (Å²) >= 11 is 0. The number of piperazine rings is 1. The molecular formula is C19H29N5O. The van der Waals surface area contributed by atoms with Crippen LogP contribution in [0.4, 0.5) is 5.82 Å². The number of aromatic nitrogens is 1. The van der Waals surface area contributed by atoms with Gasteiger partial charge < -0.3 is 14.9 Å². The average molecular weight is 343 g/mol. The third-order valence-electron chi connectivity index (χ3n) is 5.61. The maximum Gasteiger partial charge on any atom is 0.142 e. The van der Waals surface area contributed by atoms with Gasteiger partial charge in [-0.15, -0.1) is 0 Å². The van der Waals surface area contributed by atoms with E-state index in [1.807, 2.05) is 12.1 Å². The first-order valence-electron chi connectivity index (χ1n) is 9.37. The number of piperidine rings is 1. The standard InChI is InChI=1S/C19H29N5O/c1-22-9-11-23(12-10-22)18-7-8-24(15-16(18)4-3-13-25)19-6-2-5-17(14-20)21-19/h2,5-6,16,18,25H,3-4,7-13,15H2,1H3/t16-,18+/m0/s1. The van der Waals surface area contributed by atoms with Crippen LogP contribution in [0.5, 0.6) is 0 Å². The molecule has 2 aliphatic rings. The largest absolute Gasteiger partial charge is 0.396 e. The lowest BCUT2D eigenvalue weighted by molar-refractivity contribution is 0.0637. The van der Waals surface area contributed by atoms with E-state index in [1.54, 1.807) is 6.07 Å². The van der Waals surface area contributed by atoms with E-state index in [9.17, 15) is 5.11 Å². The Morgan fingerprint density at radius 1 is 1.24 bits per heavy atom. The van der Waals surface area contributed by atoms with Crippen LogP contribution in [-0.2, 0) is 0 Å². The number of anilines is 1. The lowest BCUT2D eigenvalue weighted by atomic mass is 9.86. The highest BCUT2D eigenvalue weighted by Crippen LogP contribution is 2.29. The van der Waals surface area contributed by atoms with Crippen molar-refractivity contribution in [1.82, 2.24) is 14.8 Å². The summed E-state index contributed by atoms with van der Waals surface area (Å²) in [6.07, 6.45) is 3.02. The quantitative estimate of drug-likeness (QED) is 0.866. The van der Waals surface area contributed by atoms with Crippen molar-refractivity contribution < 1.29 is 5.11 Å². The predicted octanol–water partition coefficient (Wildman–Crippen LogP) is 1.17. The molecule has 3 heterocycles. The van der Waals surface area contributed by atoms with Crippen LogP contribution in [0.15, 0.2) is 18.2 Å². The summed E-state index contributed by atoms with van der Waals surface area (Å²) in [5.41, 5.74) is 0.477. The lowest BCUT2D eigenvalue weighted by Gasteiger charge is -2.46. The number of nitrogens with zero attached hydrogens (tertiary/aromatic N) is 5. The second kappa shape index (κ2) is 8.61. The SMILES string of the molecule is CN1CCN([C@@H]2CCN(c3cccc(C#N)n3)C[C@@H]2CCCO)CC1. The molecule has 25 heavy (non-hydrogen) atoms. The van der Waals surface area contributed by atoms with Gasteiger partial charge in [0.05, 0.1) is 0 Å². The Labute approximate surface area is 150 Å². The van der Waals surface area contributed by atoms with Crippen LogP contribution in [0.3, 0.4) is 0 Å². The van der Waals surface area contributed by atoms with Crippen molar-refractivity contribution in [2.75, 3.05) is 57.8 Å². The van der Waals surface area contributed by atoms with Gasteiger partial charge in [0.2, 0.25) is 0 Å². The van der Waals surface area contributed by atoms with Gasteiger partial charge in [-0.05, 0) is 44.4 Å². The summed E-state index contributed by atoms with van der Waals surface area (Å²) in [4.78, 5) is 11.8. The first kappa shape index (κ1) is 18.1. The number of hydrogen-bond donors (Lipinski definition) is 1. The zero-order valence-corrected chi connectivity index (χ0v) is 15.1. The van der Waals surface area contributed by atoms with Crippen LogP contribution in [0.2, 0.25) is 0 Å². The van der Waals surface area contributed by atoms with Gasteiger partial charge in [0.1, 0.15) is 17.6 Å². The van der Waals surface area contributed by atoms with Gasteiger partial charge in [0.15, 0.2) is 0 Å². The van der Waals surface area contributed by atoms with Crippen molar-refractivity contribution in [3.8, 4) is 6.07 Å². The van der Waals surface area contributed by atoms with E-state index in [4.69, 9.17) is 5.26 Å². The summed E-state index contributed by atoms with van der Waals surface area (Å²) in [5.74, 6) is 1.45. The van der Waals surface area contributed by atoms with E-state index in [-0.39, 0.29) is 6.61 Å². The minimum atomic E-state index is 0.258.